The molecule has 1 aliphatic rings. The summed E-state index contributed by atoms with van der Waals surface area (Å²) in [6.07, 6.45) is 2.30. The van der Waals surface area contributed by atoms with Crippen LogP contribution in [0.1, 0.15) is 17.5 Å². The maximum absolute atomic E-state index is 5.97. The average molecular weight is 259 g/mol. The predicted octanol–water partition coefficient (Wildman–Crippen LogP) is 3.69. The van der Waals surface area contributed by atoms with Crippen LogP contribution < -0.4 is 4.90 Å². The van der Waals surface area contributed by atoms with Gasteiger partial charge in [0, 0.05) is 13.1 Å². The summed E-state index contributed by atoms with van der Waals surface area (Å²) in [4.78, 5) is 6.71. The second kappa shape index (κ2) is 4.99. The zero-order valence-electron chi connectivity index (χ0n) is 10.1. The Balaban J connectivity index is 1.91. The lowest BCUT2D eigenvalue weighted by molar-refractivity contribution is 0.755. The Bertz CT molecular complexity index is 554. The molecule has 0 N–H and O–H groups in total. The molecule has 1 aliphatic heterocycles. The maximum Gasteiger partial charge on any atom is 0.131 e. The lowest BCUT2D eigenvalue weighted by atomic mass is 10.0. The summed E-state index contributed by atoms with van der Waals surface area (Å²) >= 11 is 5.97. The van der Waals surface area contributed by atoms with Gasteiger partial charge in [0.15, 0.2) is 0 Å². The van der Waals surface area contributed by atoms with Crippen LogP contribution in [0.4, 0.5) is 5.82 Å². The Morgan fingerprint density at radius 2 is 1.83 bits per heavy atom. The van der Waals surface area contributed by atoms with Crippen LogP contribution in [-0.2, 0) is 13.0 Å². The fourth-order valence-corrected chi connectivity index (χ4v) is 2.63. The van der Waals surface area contributed by atoms with Crippen molar-refractivity contribution < 1.29 is 0 Å². The van der Waals surface area contributed by atoms with E-state index in [4.69, 9.17) is 11.6 Å². The third-order valence-corrected chi connectivity index (χ3v) is 3.59. The van der Waals surface area contributed by atoms with E-state index in [2.05, 4.69) is 34.1 Å². The number of hydrogen-bond donors (Lipinski definition) is 0. The third kappa shape index (κ3) is 2.34. The maximum atomic E-state index is 5.97. The minimum Gasteiger partial charge on any atom is -0.352 e. The molecule has 2 nitrogen and oxygen atoms in total. The van der Waals surface area contributed by atoms with E-state index in [-0.39, 0.29) is 0 Å². The van der Waals surface area contributed by atoms with Crippen molar-refractivity contribution in [3.05, 3.63) is 58.7 Å². The zero-order valence-corrected chi connectivity index (χ0v) is 10.9. The Labute approximate surface area is 112 Å². The van der Waals surface area contributed by atoms with Gasteiger partial charge in [0.2, 0.25) is 0 Å². The number of anilines is 1. The van der Waals surface area contributed by atoms with Gasteiger partial charge in [0.05, 0.1) is 0 Å². The van der Waals surface area contributed by atoms with Crippen LogP contribution in [0.5, 0.6) is 0 Å². The van der Waals surface area contributed by atoms with Gasteiger partial charge in [-0.2, -0.15) is 0 Å². The number of aromatic nitrogens is 1. The zero-order chi connectivity index (χ0) is 12.4. The molecule has 0 bridgehead atoms. The number of nitrogens with zero attached hydrogens (tertiary/aromatic N) is 2. The van der Waals surface area contributed by atoms with Gasteiger partial charge in [-0.3, -0.25) is 0 Å². The van der Waals surface area contributed by atoms with Gasteiger partial charge in [-0.05, 0) is 36.1 Å². The van der Waals surface area contributed by atoms with E-state index < -0.39 is 0 Å². The summed E-state index contributed by atoms with van der Waals surface area (Å²) < 4.78 is 0. The predicted molar refractivity (Wildman–Crippen MR) is 75.1 cm³/mol. The first-order chi connectivity index (χ1) is 8.83. The summed E-state index contributed by atoms with van der Waals surface area (Å²) in [5.74, 6) is 0.971. The summed E-state index contributed by atoms with van der Waals surface area (Å²) in [7, 11) is 0. The average Bonchev–Trinajstić information content (AvgIpc) is 2.60. The van der Waals surface area contributed by atoms with Gasteiger partial charge in [-0.15, -0.1) is 0 Å². The van der Waals surface area contributed by atoms with E-state index >= 15 is 0 Å². The van der Waals surface area contributed by atoms with Crippen LogP contribution in [0.3, 0.4) is 0 Å². The standard InChI is InChI=1S/C15H15ClN2/c16-14-8-3-9-15(17-14)18-10-4-7-12-5-1-2-6-13(12)11-18/h1-3,5-6,8-9H,4,7,10-11H2. The summed E-state index contributed by atoms with van der Waals surface area (Å²) in [5.41, 5.74) is 2.86. The van der Waals surface area contributed by atoms with Crippen LogP contribution in [0, 0.1) is 0 Å². The van der Waals surface area contributed by atoms with Crippen LogP contribution in [0.2, 0.25) is 5.15 Å². The van der Waals surface area contributed by atoms with Gasteiger partial charge >= 0.3 is 0 Å². The van der Waals surface area contributed by atoms with Crippen LogP contribution in [0.15, 0.2) is 42.5 Å². The molecule has 1 aromatic carbocycles. The van der Waals surface area contributed by atoms with Gasteiger partial charge in [0.25, 0.3) is 0 Å². The number of rotatable bonds is 1. The SMILES string of the molecule is Clc1cccc(N2CCCc3ccccc3C2)n1. The number of hydrogen-bond acceptors (Lipinski definition) is 2. The van der Waals surface area contributed by atoms with Crippen molar-refractivity contribution in [2.45, 2.75) is 19.4 Å². The third-order valence-electron chi connectivity index (χ3n) is 3.38. The Morgan fingerprint density at radius 3 is 2.67 bits per heavy atom. The molecule has 92 valence electrons. The van der Waals surface area contributed by atoms with Crippen molar-refractivity contribution in [3.8, 4) is 0 Å². The highest BCUT2D eigenvalue weighted by Gasteiger charge is 2.15. The largest absolute Gasteiger partial charge is 0.352 e. The lowest BCUT2D eigenvalue weighted by Crippen LogP contribution is -2.23. The molecule has 3 heteroatoms. The summed E-state index contributed by atoms with van der Waals surface area (Å²) in [6, 6.07) is 14.5. The molecule has 0 atom stereocenters. The summed E-state index contributed by atoms with van der Waals surface area (Å²) in [6.45, 7) is 1.95. The van der Waals surface area contributed by atoms with E-state index in [0.717, 1.165) is 31.7 Å². The highest BCUT2D eigenvalue weighted by Crippen LogP contribution is 2.23. The number of aryl methyl sites for hydroxylation is 1. The number of halogens is 1. The first kappa shape index (κ1) is 11.5. The summed E-state index contributed by atoms with van der Waals surface area (Å²) in [5, 5.41) is 0.560. The second-order valence-electron chi connectivity index (χ2n) is 4.61. The first-order valence-electron chi connectivity index (χ1n) is 6.27. The van der Waals surface area contributed by atoms with E-state index in [1.807, 2.05) is 18.2 Å². The smallest absolute Gasteiger partial charge is 0.131 e. The van der Waals surface area contributed by atoms with Crippen molar-refractivity contribution in [1.29, 1.82) is 0 Å². The van der Waals surface area contributed by atoms with E-state index in [9.17, 15) is 0 Å². The highest BCUT2D eigenvalue weighted by atomic mass is 35.5. The molecule has 2 heterocycles. The molecule has 0 radical (unpaired) electrons. The van der Waals surface area contributed by atoms with Crippen LogP contribution in [0.25, 0.3) is 0 Å². The number of pyridine rings is 1. The second-order valence-corrected chi connectivity index (χ2v) is 5.00. The molecule has 1 aromatic heterocycles. The van der Waals surface area contributed by atoms with Crippen LogP contribution in [-0.4, -0.2) is 11.5 Å². The van der Waals surface area contributed by atoms with Gasteiger partial charge < -0.3 is 4.90 Å². The Morgan fingerprint density at radius 1 is 1.00 bits per heavy atom. The van der Waals surface area contributed by atoms with Crippen molar-refractivity contribution in [1.82, 2.24) is 4.98 Å². The van der Waals surface area contributed by atoms with Crippen molar-refractivity contribution in [2.75, 3.05) is 11.4 Å². The van der Waals surface area contributed by atoms with Gasteiger partial charge in [-0.25, -0.2) is 4.98 Å². The van der Waals surface area contributed by atoms with E-state index in [0.29, 0.717) is 5.15 Å². The monoisotopic (exact) mass is 258 g/mol. The molecule has 0 saturated heterocycles. The van der Waals surface area contributed by atoms with Gasteiger partial charge in [0.1, 0.15) is 11.0 Å². The fraction of sp³-hybridized carbons (Fsp3) is 0.267. The highest BCUT2D eigenvalue weighted by molar-refractivity contribution is 6.29. The van der Waals surface area contributed by atoms with E-state index in [1.54, 1.807) is 0 Å². The first-order valence-corrected chi connectivity index (χ1v) is 6.65. The molecule has 0 unspecified atom stereocenters. The molecule has 18 heavy (non-hydrogen) atoms. The van der Waals surface area contributed by atoms with Crippen molar-refractivity contribution >= 4 is 17.4 Å². The molecule has 2 aromatic rings. The van der Waals surface area contributed by atoms with Crippen LogP contribution >= 0.6 is 11.6 Å². The van der Waals surface area contributed by atoms with E-state index in [1.165, 1.54) is 11.1 Å². The Hall–Kier alpha value is -1.54. The van der Waals surface area contributed by atoms with Crippen molar-refractivity contribution in [2.24, 2.45) is 0 Å². The topological polar surface area (TPSA) is 16.1 Å². The molecular weight excluding hydrogens is 244 g/mol. The normalized spacial score (nSPS) is 15.1. The lowest BCUT2D eigenvalue weighted by Gasteiger charge is -2.22. The minimum absolute atomic E-state index is 0.560. The molecule has 0 aliphatic carbocycles. The molecule has 0 amide bonds. The number of benzene rings is 1. The van der Waals surface area contributed by atoms with Crippen molar-refractivity contribution in [3.63, 3.8) is 0 Å². The molecule has 3 rings (SSSR count). The molecular formula is C15H15ClN2. The Kier molecular flexibility index (Phi) is 3.20. The quantitative estimate of drug-likeness (QED) is 0.726. The van der Waals surface area contributed by atoms with Gasteiger partial charge in [-0.1, -0.05) is 41.9 Å². The number of fused-ring (bicyclic) bond motifs is 1. The molecule has 0 saturated carbocycles. The molecule has 0 fully saturated rings. The fourth-order valence-electron chi connectivity index (χ4n) is 2.47. The molecule has 0 spiro atoms. The minimum atomic E-state index is 0.560.